The van der Waals surface area contributed by atoms with Gasteiger partial charge >= 0.3 is 5.69 Å². The molecule has 0 bridgehead atoms. The fraction of sp³-hybridized carbons (Fsp3) is 0.0833. The molecule has 1 aromatic heterocycles. The van der Waals surface area contributed by atoms with Gasteiger partial charge in [-0.3, -0.25) is 10.1 Å². The maximum Gasteiger partial charge on any atom is 0.312 e. The van der Waals surface area contributed by atoms with E-state index in [0.717, 1.165) is 5.56 Å². The Morgan fingerprint density at radius 2 is 2.16 bits per heavy atom. The van der Waals surface area contributed by atoms with Gasteiger partial charge in [-0.25, -0.2) is 9.37 Å². The Labute approximate surface area is 116 Å². The fourth-order valence-corrected chi connectivity index (χ4v) is 1.83. The predicted octanol–water partition coefficient (Wildman–Crippen LogP) is 3.94. The van der Waals surface area contributed by atoms with Crippen LogP contribution in [0.3, 0.4) is 0 Å². The van der Waals surface area contributed by atoms with E-state index in [9.17, 15) is 14.5 Å². The van der Waals surface area contributed by atoms with Crippen LogP contribution in [0.1, 0.15) is 5.56 Å². The van der Waals surface area contributed by atoms with E-state index >= 15 is 0 Å². The van der Waals surface area contributed by atoms with Crippen molar-refractivity contribution < 1.29 is 9.31 Å². The molecule has 1 N–H and O–H groups in total. The molecule has 2 rings (SSSR count). The van der Waals surface area contributed by atoms with E-state index in [4.69, 9.17) is 0 Å². The van der Waals surface area contributed by atoms with Gasteiger partial charge in [0.2, 0.25) is 5.82 Å². The first-order valence-electron chi connectivity index (χ1n) is 5.30. The molecule has 0 aliphatic heterocycles. The van der Waals surface area contributed by atoms with Crippen LogP contribution >= 0.6 is 15.9 Å². The van der Waals surface area contributed by atoms with Crippen molar-refractivity contribution in [2.45, 2.75) is 6.92 Å². The number of benzene rings is 1. The topological polar surface area (TPSA) is 68.1 Å². The number of nitrogens with one attached hydrogen (secondary N) is 1. The predicted molar refractivity (Wildman–Crippen MR) is 73.0 cm³/mol. The molecule has 0 unspecified atom stereocenters. The van der Waals surface area contributed by atoms with Gasteiger partial charge < -0.3 is 5.32 Å². The molecule has 7 heteroatoms. The molecule has 19 heavy (non-hydrogen) atoms. The molecular weight excluding hydrogens is 317 g/mol. The van der Waals surface area contributed by atoms with Gasteiger partial charge in [-0.05, 0) is 40.5 Å². The van der Waals surface area contributed by atoms with Crippen molar-refractivity contribution >= 4 is 33.1 Å². The van der Waals surface area contributed by atoms with Gasteiger partial charge in [-0.2, -0.15) is 0 Å². The zero-order valence-corrected chi connectivity index (χ0v) is 11.4. The molecule has 0 aliphatic carbocycles. The van der Waals surface area contributed by atoms with Gasteiger partial charge in [0.25, 0.3) is 0 Å². The van der Waals surface area contributed by atoms with Gasteiger partial charge in [0.1, 0.15) is 5.82 Å². The summed E-state index contributed by atoms with van der Waals surface area (Å²) in [5.74, 6) is -0.491. The normalized spacial score (nSPS) is 10.3. The largest absolute Gasteiger partial charge is 0.332 e. The van der Waals surface area contributed by atoms with Gasteiger partial charge in [-0.15, -0.1) is 0 Å². The van der Waals surface area contributed by atoms with E-state index in [1.54, 1.807) is 13.0 Å². The number of hydrogen-bond acceptors (Lipinski definition) is 4. The molecule has 0 amide bonds. The number of halogens is 2. The second-order valence-corrected chi connectivity index (χ2v) is 4.80. The lowest BCUT2D eigenvalue weighted by molar-refractivity contribution is -0.384. The number of rotatable bonds is 3. The Hall–Kier alpha value is -2.02. The van der Waals surface area contributed by atoms with Crippen LogP contribution in [0.25, 0.3) is 0 Å². The highest BCUT2D eigenvalue weighted by Gasteiger charge is 2.17. The maximum atomic E-state index is 13.7. The second kappa shape index (κ2) is 5.31. The van der Waals surface area contributed by atoms with E-state index in [2.05, 4.69) is 26.2 Å². The van der Waals surface area contributed by atoms with Crippen molar-refractivity contribution in [2.75, 3.05) is 5.32 Å². The van der Waals surface area contributed by atoms with Crippen molar-refractivity contribution in [3.05, 3.63) is 56.4 Å². The Balaban J connectivity index is 2.40. The summed E-state index contributed by atoms with van der Waals surface area (Å²) in [5, 5.41) is 13.5. The highest BCUT2D eigenvalue weighted by molar-refractivity contribution is 9.10. The van der Waals surface area contributed by atoms with Gasteiger partial charge in [-0.1, -0.05) is 6.07 Å². The third-order valence-electron chi connectivity index (χ3n) is 2.41. The number of aryl methyl sites for hydroxylation is 1. The minimum absolute atomic E-state index is 0.00375. The van der Waals surface area contributed by atoms with E-state index in [1.807, 2.05) is 0 Å². The van der Waals surface area contributed by atoms with E-state index in [-0.39, 0.29) is 17.2 Å². The summed E-state index contributed by atoms with van der Waals surface area (Å²) in [6, 6.07) is 5.86. The summed E-state index contributed by atoms with van der Waals surface area (Å²) >= 11 is 3.11. The highest BCUT2D eigenvalue weighted by Crippen LogP contribution is 2.29. The van der Waals surface area contributed by atoms with Crippen LogP contribution in [0.4, 0.5) is 21.6 Å². The number of nitrogens with zero attached hydrogens (tertiary/aromatic N) is 2. The second-order valence-electron chi connectivity index (χ2n) is 3.89. The van der Waals surface area contributed by atoms with Crippen LogP contribution in [-0.2, 0) is 0 Å². The average Bonchev–Trinajstić information content (AvgIpc) is 2.34. The lowest BCUT2D eigenvalue weighted by Crippen LogP contribution is -2.01. The molecule has 0 aliphatic rings. The van der Waals surface area contributed by atoms with Gasteiger partial charge in [0.15, 0.2) is 0 Å². The summed E-state index contributed by atoms with van der Waals surface area (Å²) in [6.07, 6.45) is 1.40. The van der Waals surface area contributed by atoms with Crippen molar-refractivity contribution in [1.29, 1.82) is 0 Å². The van der Waals surface area contributed by atoms with Crippen molar-refractivity contribution in [3.8, 4) is 0 Å². The SMILES string of the molecule is Cc1ccc(Nc2ncc(Br)cc2[N+](=O)[O-])c(F)c1. The molecule has 0 fully saturated rings. The average molecular weight is 326 g/mol. The van der Waals surface area contributed by atoms with Crippen LogP contribution in [0.15, 0.2) is 34.9 Å². The first kappa shape index (κ1) is 13.4. The maximum absolute atomic E-state index is 13.7. The Bertz CT molecular complexity index is 649. The number of nitro groups is 1. The van der Waals surface area contributed by atoms with Crippen LogP contribution in [0.5, 0.6) is 0 Å². The molecule has 0 saturated heterocycles. The number of anilines is 2. The molecule has 0 atom stereocenters. The van der Waals surface area contributed by atoms with Gasteiger partial charge in [0, 0.05) is 16.7 Å². The summed E-state index contributed by atoms with van der Waals surface area (Å²) < 4.78 is 14.2. The minimum Gasteiger partial charge on any atom is -0.332 e. The van der Waals surface area contributed by atoms with E-state index < -0.39 is 10.7 Å². The first-order valence-corrected chi connectivity index (χ1v) is 6.10. The molecule has 0 spiro atoms. The van der Waals surface area contributed by atoms with Crippen molar-refractivity contribution in [3.63, 3.8) is 0 Å². The monoisotopic (exact) mass is 325 g/mol. The Morgan fingerprint density at radius 3 is 2.79 bits per heavy atom. The quantitative estimate of drug-likeness (QED) is 0.685. The Morgan fingerprint density at radius 1 is 1.42 bits per heavy atom. The molecule has 0 radical (unpaired) electrons. The third-order valence-corrected chi connectivity index (χ3v) is 2.84. The molecule has 5 nitrogen and oxygen atoms in total. The highest BCUT2D eigenvalue weighted by atomic mass is 79.9. The van der Waals surface area contributed by atoms with Crippen LogP contribution in [0, 0.1) is 22.9 Å². The lowest BCUT2D eigenvalue weighted by atomic mass is 10.2. The minimum atomic E-state index is -0.577. The summed E-state index contributed by atoms with van der Waals surface area (Å²) in [4.78, 5) is 14.2. The van der Waals surface area contributed by atoms with Crippen LogP contribution in [-0.4, -0.2) is 9.91 Å². The molecule has 1 aromatic carbocycles. The fourth-order valence-electron chi connectivity index (χ4n) is 1.51. The number of pyridine rings is 1. The van der Waals surface area contributed by atoms with Gasteiger partial charge in [0.05, 0.1) is 10.6 Å². The van der Waals surface area contributed by atoms with Crippen LogP contribution < -0.4 is 5.32 Å². The smallest absolute Gasteiger partial charge is 0.312 e. The number of hydrogen-bond donors (Lipinski definition) is 1. The summed E-state index contributed by atoms with van der Waals surface area (Å²) in [6.45, 7) is 1.76. The van der Waals surface area contributed by atoms with Crippen molar-refractivity contribution in [1.82, 2.24) is 4.98 Å². The molecule has 98 valence electrons. The summed E-state index contributed by atoms with van der Waals surface area (Å²) in [7, 11) is 0. The molecule has 2 aromatic rings. The zero-order valence-electron chi connectivity index (χ0n) is 9.85. The standard InChI is InChI=1S/C12H9BrFN3O2/c1-7-2-3-10(9(14)4-7)16-12-11(17(18)19)5-8(13)6-15-12/h2-6H,1H3,(H,15,16). The van der Waals surface area contributed by atoms with E-state index in [0.29, 0.717) is 4.47 Å². The molecular formula is C12H9BrFN3O2. The molecule has 1 heterocycles. The lowest BCUT2D eigenvalue weighted by Gasteiger charge is -2.08. The summed E-state index contributed by atoms with van der Waals surface area (Å²) in [5.41, 5.74) is 0.680. The van der Waals surface area contributed by atoms with E-state index in [1.165, 1.54) is 24.4 Å². The Kier molecular flexibility index (Phi) is 3.75. The first-order chi connectivity index (χ1) is 8.97. The zero-order chi connectivity index (χ0) is 14.0. The molecule has 0 saturated carbocycles. The third kappa shape index (κ3) is 3.05. The van der Waals surface area contributed by atoms with Crippen LogP contribution in [0.2, 0.25) is 0 Å². The number of aromatic nitrogens is 1. The van der Waals surface area contributed by atoms with Crippen molar-refractivity contribution in [2.24, 2.45) is 0 Å².